The molecule has 4 amide bonds. The molecule has 41 heavy (non-hydrogen) atoms. The van der Waals surface area contributed by atoms with Crippen LogP contribution in [-0.4, -0.2) is 93.3 Å². The Morgan fingerprint density at radius 3 is 2.15 bits per heavy atom. The first-order valence-corrected chi connectivity index (χ1v) is 13.7. The van der Waals surface area contributed by atoms with E-state index in [1.165, 1.54) is 21.6 Å². The average Bonchev–Trinajstić information content (AvgIpc) is 2.94. The summed E-state index contributed by atoms with van der Waals surface area (Å²) in [6, 6.07) is 16.9. The van der Waals surface area contributed by atoms with Crippen LogP contribution < -0.4 is 5.32 Å². The van der Waals surface area contributed by atoms with Gasteiger partial charge in [0.25, 0.3) is 0 Å². The van der Waals surface area contributed by atoms with Crippen LogP contribution in [0.1, 0.15) is 38.8 Å². The maximum atomic E-state index is 14.2. The minimum atomic E-state index is -1.35. The van der Waals surface area contributed by atoms with E-state index >= 15 is 0 Å². The number of benzene rings is 2. The van der Waals surface area contributed by atoms with Crippen molar-refractivity contribution in [3.05, 3.63) is 71.8 Å². The predicted octanol–water partition coefficient (Wildman–Crippen LogP) is 2.52. The number of rotatable bonds is 7. The third-order valence-electron chi connectivity index (χ3n) is 7.13. The molecule has 3 unspecified atom stereocenters. The van der Waals surface area contributed by atoms with Crippen LogP contribution >= 0.6 is 0 Å². The molecule has 0 aliphatic carbocycles. The number of aliphatic hydroxyl groups excluding tert-OH is 1. The van der Waals surface area contributed by atoms with E-state index in [9.17, 15) is 24.3 Å². The molecule has 2 N–H and O–H groups in total. The molecule has 2 aromatic rings. The first kappa shape index (κ1) is 29.9. The SMILES string of the molecule is CC(O)C(C(=O)N1CCN(C(=O)OC(C)(C)C)CC12CNC2=O)N(Cc1ccccc1)C(=O)OCc1ccccc1. The maximum absolute atomic E-state index is 14.2. The van der Waals surface area contributed by atoms with Crippen molar-refractivity contribution >= 4 is 24.0 Å². The van der Waals surface area contributed by atoms with E-state index < -0.39 is 47.3 Å². The maximum Gasteiger partial charge on any atom is 0.411 e. The predicted molar refractivity (Wildman–Crippen MR) is 149 cm³/mol. The summed E-state index contributed by atoms with van der Waals surface area (Å²) in [5.74, 6) is -1.02. The number of nitrogens with one attached hydrogen (secondary N) is 1. The van der Waals surface area contributed by atoms with E-state index in [4.69, 9.17) is 9.47 Å². The van der Waals surface area contributed by atoms with Crippen LogP contribution in [0.3, 0.4) is 0 Å². The molecule has 0 aromatic heterocycles. The zero-order valence-corrected chi connectivity index (χ0v) is 23.9. The van der Waals surface area contributed by atoms with Gasteiger partial charge in [0.05, 0.1) is 19.2 Å². The monoisotopic (exact) mass is 566 g/mol. The standard InChI is InChI=1S/C30H38N4O7/c1-21(35)24(33(17-22-11-7-5-8-12-22)28(39)40-18-23-13-9-6-10-14-23)25(36)34-16-15-32(27(38)41-29(2,3)4)20-30(34)19-31-26(30)37/h5-14,21,24,35H,15-20H2,1-4H3,(H,31,37). The molecule has 2 fully saturated rings. The Labute approximate surface area is 240 Å². The minimum absolute atomic E-state index is 0.00710. The van der Waals surface area contributed by atoms with Gasteiger partial charge in [-0.2, -0.15) is 0 Å². The second-order valence-electron chi connectivity index (χ2n) is 11.4. The van der Waals surface area contributed by atoms with Gasteiger partial charge in [-0.1, -0.05) is 60.7 Å². The Morgan fingerprint density at radius 1 is 1.02 bits per heavy atom. The van der Waals surface area contributed by atoms with Gasteiger partial charge in [-0.25, -0.2) is 9.59 Å². The van der Waals surface area contributed by atoms with Crippen molar-refractivity contribution in [2.75, 3.05) is 26.2 Å². The summed E-state index contributed by atoms with van der Waals surface area (Å²) in [6.45, 7) is 6.86. The van der Waals surface area contributed by atoms with Gasteiger partial charge in [0, 0.05) is 19.6 Å². The van der Waals surface area contributed by atoms with Crippen molar-refractivity contribution in [3.8, 4) is 0 Å². The third kappa shape index (κ3) is 6.79. The van der Waals surface area contributed by atoms with E-state index in [1.54, 1.807) is 20.8 Å². The van der Waals surface area contributed by atoms with E-state index in [-0.39, 0.29) is 39.3 Å². The summed E-state index contributed by atoms with van der Waals surface area (Å²) in [5, 5.41) is 13.6. The van der Waals surface area contributed by atoms with Crippen LogP contribution in [0.15, 0.2) is 60.7 Å². The van der Waals surface area contributed by atoms with E-state index in [1.807, 2.05) is 60.7 Å². The Morgan fingerprint density at radius 2 is 1.63 bits per heavy atom. The highest BCUT2D eigenvalue weighted by atomic mass is 16.6. The second kappa shape index (κ2) is 12.2. The molecule has 2 aromatic carbocycles. The molecule has 11 nitrogen and oxygen atoms in total. The summed E-state index contributed by atoms with van der Waals surface area (Å²) in [7, 11) is 0. The molecule has 2 aliphatic rings. The number of piperazine rings is 1. The normalized spacial score (nSPS) is 20.0. The molecule has 2 heterocycles. The zero-order chi connectivity index (χ0) is 29.8. The molecule has 4 rings (SSSR count). The van der Waals surface area contributed by atoms with Gasteiger partial charge in [-0.05, 0) is 38.8 Å². The fourth-order valence-electron chi connectivity index (χ4n) is 5.05. The molecule has 0 bridgehead atoms. The highest BCUT2D eigenvalue weighted by molar-refractivity contribution is 5.99. The van der Waals surface area contributed by atoms with Gasteiger partial charge >= 0.3 is 12.2 Å². The van der Waals surface area contributed by atoms with Crippen molar-refractivity contribution in [1.29, 1.82) is 0 Å². The van der Waals surface area contributed by atoms with Gasteiger partial charge in [0.2, 0.25) is 11.8 Å². The van der Waals surface area contributed by atoms with Gasteiger partial charge in [-0.3, -0.25) is 14.5 Å². The third-order valence-corrected chi connectivity index (χ3v) is 7.13. The quantitative estimate of drug-likeness (QED) is 0.493. The topological polar surface area (TPSA) is 129 Å². The van der Waals surface area contributed by atoms with Crippen molar-refractivity contribution in [2.45, 2.75) is 64.1 Å². The lowest BCUT2D eigenvalue weighted by atomic mass is 9.85. The number of carbonyl (C=O) groups is 4. The Bertz CT molecular complexity index is 1250. The largest absolute Gasteiger partial charge is 0.445 e. The number of aliphatic hydroxyl groups is 1. The molecule has 2 aliphatic heterocycles. The number of β-lactam (4-membered cyclic amide) rings is 1. The number of hydrogen-bond donors (Lipinski definition) is 2. The second-order valence-corrected chi connectivity index (χ2v) is 11.4. The highest BCUT2D eigenvalue weighted by Crippen LogP contribution is 2.30. The summed E-state index contributed by atoms with van der Waals surface area (Å²) in [4.78, 5) is 57.5. The highest BCUT2D eigenvalue weighted by Gasteiger charge is 2.58. The van der Waals surface area contributed by atoms with Crippen molar-refractivity contribution < 1.29 is 33.8 Å². The van der Waals surface area contributed by atoms with Gasteiger partial charge < -0.3 is 29.7 Å². The summed E-state index contributed by atoms with van der Waals surface area (Å²) in [5.41, 5.74) is -0.572. The van der Waals surface area contributed by atoms with Gasteiger partial charge in [-0.15, -0.1) is 0 Å². The lowest BCUT2D eigenvalue weighted by molar-refractivity contribution is -0.166. The number of nitrogens with zero attached hydrogens (tertiary/aromatic N) is 3. The van der Waals surface area contributed by atoms with Crippen molar-refractivity contribution in [1.82, 2.24) is 20.0 Å². The van der Waals surface area contributed by atoms with Crippen LogP contribution in [0.4, 0.5) is 9.59 Å². The minimum Gasteiger partial charge on any atom is -0.445 e. The lowest BCUT2D eigenvalue weighted by Crippen LogP contribution is -2.81. The number of ether oxygens (including phenoxy) is 2. The van der Waals surface area contributed by atoms with E-state index in [0.29, 0.717) is 0 Å². The average molecular weight is 567 g/mol. The number of carbonyl (C=O) groups excluding carboxylic acids is 4. The molecule has 1 spiro atoms. The van der Waals surface area contributed by atoms with Gasteiger partial charge in [0.15, 0.2) is 5.54 Å². The lowest BCUT2D eigenvalue weighted by Gasteiger charge is -2.55. The van der Waals surface area contributed by atoms with Crippen LogP contribution in [0.5, 0.6) is 0 Å². The van der Waals surface area contributed by atoms with Crippen molar-refractivity contribution in [2.24, 2.45) is 0 Å². The molecule has 3 atom stereocenters. The van der Waals surface area contributed by atoms with Crippen LogP contribution in [-0.2, 0) is 32.2 Å². The van der Waals surface area contributed by atoms with E-state index in [2.05, 4.69) is 5.32 Å². The number of amides is 4. The summed E-state index contributed by atoms with van der Waals surface area (Å²) < 4.78 is 11.1. The zero-order valence-electron chi connectivity index (χ0n) is 23.9. The number of hydrogen-bond acceptors (Lipinski definition) is 7. The van der Waals surface area contributed by atoms with Crippen LogP contribution in [0, 0.1) is 0 Å². The summed E-state index contributed by atoms with van der Waals surface area (Å²) >= 11 is 0. The van der Waals surface area contributed by atoms with E-state index in [0.717, 1.165) is 11.1 Å². The summed E-state index contributed by atoms with van der Waals surface area (Å²) in [6.07, 6.45) is -2.65. The molecule has 0 radical (unpaired) electrons. The van der Waals surface area contributed by atoms with Crippen LogP contribution in [0.2, 0.25) is 0 Å². The first-order valence-electron chi connectivity index (χ1n) is 13.7. The molecular formula is C30H38N4O7. The Hall–Kier alpha value is -4.12. The van der Waals surface area contributed by atoms with Crippen molar-refractivity contribution in [3.63, 3.8) is 0 Å². The molecule has 2 saturated heterocycles. The molecule has 0 saturated carbocycles. The molecular weight excluding hydrogens is 528 g/mol. The Balaban J connectivity index is 1.60. The fourth-order valence-corrected chi connectivity index (χ4v) is 5.05. The van der Waals surface area contributed by atoms with Crippen LogP contribution in [0.25, 0.3) is 0 Å². The Kier molecular flexibility index (Phi) is 8.86. The fraction of sp³-hybridized carbons (Fsp3) is 0.467. The smallest absolute Gasteiger partial charge is 0.411 e. The molecule has 220 valence electrons. The molecule has 11 heteroatoms. The first-order chi connectivity index (χ1) is 19.4. The van der Waals surface area contributed by atoms with Gasteiger partial charge in [0.1, 0.15) is 18.2 Å².